The third-order valence-electron chi connectivity index (χ3n) is 4.76. The topological polar surface area (TPSA) is 93.2 Å². The zero-order chi connectivity index (χ0) is 20.0. The number of anilines is 2. The summed E-state index contributed by atoms with van der Waals surface area (Å²) in [5, 5.41) is 12.0. The Morgan fingerprint density at radius 2 is 1.74 bits per heavy atom. The van der Waals surface area contributed by atoms with Gasteiger partial charge in [0.05, 0.1) is 17.8 Å². The Morgan fingerprint density at radius 3 is 2.26 bits per heavy atom. The van der Waals surface area contributed by atoms with Crippen molar-refractivity contribution in [3.63, 3.8) is 0 Å². The molecule has 0 aliphatic carbocycles. The molecule has 0 radical (unpaired) electrons. The molecule has 27 heavy (non-hydrogen) atoms. The van der Waals surface area contributed by atoms with Crippen molar-refractivity contribution in [2.45, 2.75) is 20.8 Å². The number of hydrogen-bond acceptors (Lipinski definition) is 5. The van der Waals surface area contributed by atoms with E-state index in [0.29, 0.717) is 38.4 Å². The zero-order valence-electron chi connectivity index (χ0n) is 16.2. The minimum atomic E-state index is -1.08. The van der Waals surface area contributed by atoms with E-state index in [2.05, 4.69) is 15.1 Å². The molecule has 8 nitrogen and oxygen atoms in total. The second kappa shape index (κ2) is 9.36. The van der Waals surface area contributed by atoms with Crippen molar-refractivity contribution < 1.29 is 19.5 Å². The van der Waals surface area contributed by atoms with Crippen LogP contribution < -0.4 is 10.2 Å². The molecule has 1 aliphatic rings. The van der Waals surface area contributed by atoms with E-state index < -0.39 is 5.97 Å². The van der Waals surface area contributed by atoms with Gasteiger partial charge in [-0.1, -0.05) is 0 Å². The number of carboxylic acid groups (broad SMARTS) is 1. The van der Waals surface area contributed by atoms with Gasteiger partial charge >= 0.3 is 5.97 Å². The molecular weight excluding hydrogens is 348 g/mol. The van der Waals surface area contributed by atoms with Gasteiger partial charge in [0.15, 0.2) is 0 Å². The highest BCUT2D eigenvalue weighted by atomic mass is 16.4. The Kier molecular flexibility index (Phi) is 7.18. The molecule has 0 aromatic heterocycles. The van der Waals surface area contributed by atoms with Gasteiger partial charge < -0.3 is 20.2 Å². The SMILES string of the molecule is CCN(CC)C(=O)CN1CCN(c2ccc(NC(C)=O)c(C(=O)O)c2)CC1. The number of aromatic carboxylic acids is 1. The van der Waals surface area contributed by atoms with Gasteiger partial charge in [0.25, 0.3) is 0 Å². The Bertz CT molecular complexity index is 695. The molecular formula is C19H28N4O4. The predicted molar refractivity (Wildman–Crippen MR) is 104 cm³/mol. The molecule has 0 bridgehead atoms. The van der Waals surface area contributed by atoms with Crippen LogP contribution in [0, 0.1) is 0 Å². The van der Waals surface area contributed by atoms with Crippen molar-refractivity contribution in [2.24, 2.45) is 0 Å². The Morgan fingerprint density at radius 1 is 1.11 bits per heavy atom. The van der Waals surface area contributed by atoms with Crippen LogP contribution in [0.5, 0.6) is 0 Å². The number of likely N-dealkylation sites (N-methyl/N-ethyl adjacent to an activating group) is 1. The lowest BCUT2D eigenvalue weighted by Gasteiger charge is -2.36. The number of carbonyl (C=O) groups excluding carboxylic acids is 2. The molecule has 0 saturated carbocycles. The number of carboxylic acids is 1. The lowest BCUT2D eigenvalue weighted by Crippen LogP contribution is -2.50. The maximum absolute atomic E-state index is 12.2. The molecule has 0 atom stereocenters. The van der Waals surface area contributed by atoms with Crippen molar-refractivity contribution in [3.8, 4) is 0 Å². The average Bonchev–Trinajstić information content (AvgIpc) is 2.63. The van der Waals surface area contributed by atoms with E-state index in [9.17, 15) is 19.5 Å². The Balaban J connectivity index is 2.01. The van der Waals surface area contributed by atoms with Crippen LogP contribution in [-0.4, -0.2) is 78.5 Å². The van der Waals surface area contributed by atoms with E-state index in [1.807, 2.05) is 24.8 Å². The predicted octanol–water partition coefficient (Wildman–Crippen LogP) is 1.33. The molecule has 2 rings (SSSR count). The summed E-state index contributed by atoms with van der Waals surface area (Å²) < 4.78 is 0. The van der Waals surface area contributed by atoms with E-state index in [4.69, 9.17) is 0 Å². The number of hydrogen-bond donors (Lipinski definition) is 2. The molecule has 1 aromatic carbocycles. The van der Waals surface area contributed by atoms with Gasteiger partial charge in [-0.2, -0.15) is 0 Å². The van der Waals surface area contributed by atoms with Gasteiger partial charge in [0, 0.05) is 51.9 Å². The molecule has 1 heterocycles. The highest BCUT2D eigenvalue weighted by Gasteiger charge is 2.22. The first kappa shape index (κ1) is 20.7. The number of amides is 2. The summed E-state index contributed by atoms with van der Waals surface area (Å²) in [6.45, 7) is 10.0. The standard InChI is InChI=1S/C19H28N4O4/c1-4-22(5-2)18(25)13-21-8-10-23(11-9-21)15-6-7-17(20-14(3)24)16(12-15)19(26)27/h6-7,12H,4-5,8-11,13H2,1-3H3,(H,20,24)(H,26,27). The quantitative estimate of drug-likeness (QED) is 0.746. The normalized spacial score (nSPS) is 14.7. The first-order chi connectivity index (χ1) is 12.8. The number of nitrogens with zero attached hydrogens (tertiary/aromatic N) is 3. The van der Waals surface area contributed by atoms with Gasteiger partial charge in [-0.15, -0.1) is 0 Å². The summed E-state index contributed by atoms with van der Waals surface area (Å²) in [6.07, 6.45) is 0. The fraction of sp³-hybridized carbons (Fsp3) is 0.526. The summed E-state index contributed by atoms with van der Waals surface area (Å²) in [4.78, 5) is 41.0. The largest absolute Gasteiger partial charge is 0.478 e. The van der Waals surface area contributed by atoms with Gasteiger partial charge in [-0.05, 0) is 32.0 Å². The molecule has 0 unspecified atom stereocenters. The molecule has 2 N–H and O–H groups in total. The second-order valence-corrected chi connectivity index (χ2v) is 6.55. The van der Waals surface area contributed by atoms with Crippen LogP contribution in [0.3, 0.4) is 0 Å². The first-order valence-corrected chi connectivity index (χ1v) is 9.25. The zero-order valence-corrected chi connectivity index (χ0v) is 16.2. The Labute approximate surface area is 159 Å². The minimum absolute atomic E-state index is 0.0711. The number of carbonyl (C=O) groups is 3. The van der Waals surface area contributed by atoms with Crippen molar-refractivity contribution in [1.82, 2.24) is 9.80 Å². The molecule has 2 amide bonds. The molecule has 1 saturated heterocycles. The maximum Gasteiger partial charge on any atom is 0.337 e. The molecule has 1 fully saturated rings. The minimum Gasteiger partial charge on any atom is -0.478 e. The van der Waals surface area contributed by atoms with Crippen molar-refractivity contribution >= 4 is 29.2 Å². The van der Waals surface area contributed by atoms with E-state index in [0.717, 1.165) is 18.8 Å². The smallest absolute Gasteiger partial charge is 0.337 e. The summed E-state index contributed by atoms with van der Waals surface area (Å²) in [6, 6.07) is 5.02. The number of nitrogens with one attached hydrogen (secondary N) is 1. The molecule has 8 heteroatoms. The number of benzene rings is 1. The van der Waals surface area contributed by atoms with E-state index >= 15 is 0 Å². The summed E-state index contributed by atoms with van der Waals surface area (Å²) >= 11 is 0. The molecule has 1 aromatic rings. The fourth-order valence-electron chi connectivity index (χ4n) is 3.24. The molecule has 0 spiro atoms. The van der Waals surface area contributed by atoms with Crippen LogP contribution in [0.15, 0.2) is 18.2 Å². The van der Waals surface area contributed by atoms with E-state index in [1.54, 1.807) is 12.1 Å². The second-order valence-electron chi connectivity index (χ2n) is 6.55. The van der Waals surface area contributed by atoms with Crippen LogP contribution >= 0.6 is 0 Å². The average molecular weight is 376 g/mol. The summed E-state index contributed by atoms with van der Waals surface area (Å²) in [7, 11) is 0. The molecule has 1 aliphatic heterocycles. The van der Waals surface area contributed by atoms with Gasteiger partial charge in [-0.3, -0.25) is 14.5 Å². The van der Waals surface area contributed by atoms with Gasteiger partial charge in [0.1, 0.15) is 0 Å². The van der Waals surface area contributed by atoms with Gasteiger partial charge in [-0.25, -0.2) is 4.79 Å². The van der Waals surface area contributed by atoms with Crippen LogP contribution in [0.4, 0.5) is 11.4 Å². The van der Waals surface area contributed by atoms with Crippen molar-refractivity contribution in [1.29, 1.82) is 0 Å². The third kappa shape index (κ3) is 5.43. The van der Waals surface area contributed by atoms with E-state index in [1.165, 1.54) is 6.92 Å². The van der Waals surface area contributed by atoms with Crippen LogP contribution in [0.2, 0.25) is 0 Å². The Hall–Kier alpha value is -2.61. The van der Waals surface area contributed by atoms with Crippen molar-refractivity contribution in [2.75, 3.05) is 56.0 Å². The maximum atomic E-state index is 12.2. The van der Waals surface area contributed by atoms with Crippen LogP contribution in [-0.2, 0) is 9.59 Å². The summed E-state index contributed by atoms with van der Waals surface area (Å²) in [5.41, 5.74) is 1.17. The molecule has 148 valence electrons. The van der Waals surface area contributed by atoms with Crippen molar-refractivity contribution in [3.05, 3.63) is 23.8 Å². The summed E-state index contributed by atoms with van der Waals surface area (Å²) in [5.74, 6) is -1.25. The third-order valence-corrected chi connectivity index (χ3v) is 4.76. The number of piperazine rings is 1. The van der Waals surface area contributed by atoms with Crippen LogP contribution in [0.1, 0.15) is 31.1 Å². The highest BCUT2D eigenvalue weighted by Crippen LogP contribution is 2.24. The van der Waals surface area contributed by atoms with E-state index in [-0.39, 0.29) is 17.4 Å². The lowest BCUT2D eigenvalue weighted by atomic mass is 10.1. The monoisotopic (exact) mass is 376 g/mol. The lowest BCUT2D eigenvalue weighted by molar-refractivity contribution is -0.132. The number of rotatable bonds is 7. The fourth-order valence-corrected chi connectivity index (χ4v) is 3.24. The van der Waals surface area contributed by atoms with Crippen LogP contribution in [0.25, 0.3) is 0 Å². The first-order valence-electron chi connectivity index (χ1n) is 9.25. The highest BCUT2D eigenvalue weighted by molar-refractivity contribution is 6.00. The van der Waals surface area contributed by atoms with Gasteiger partial charge in [0.2, 0.25) is 11.8 Å².